The zero-order valence-electron chi connectivity index (χ0n) is 21.1. The number of thiazole rings is 1. The van der Waals surface area contributed by atoms with Gasteiger partial charge in [0.25, 0.3) is 5.91 Å². The summed E-state index contributed by atoms with van der Waals surface area (Å²) in [4.78, 5) is 17.3. The summed E-state index contributed by atoms with van der Waals surface area (Å²) in [5.74, 6) is 0.539. The number of hydrogen-bond donors (Lipinski definition) is 2. The highest BCUT2D eigenvalue weighted by molar-refractivity contribution is 14.1. The van der Waals surface area contributed by atoms with Crippen LogP contribution < -0.4 is 15.5 Å². The number of hydrogen-bond acceptors (Lipinski definition) is 6. The van der Waals surface area contributed by atoms with Gasteiger partial charge in [-0.1, -0.05) is 35.9 Å². The minimum Gasteiger partial charge on any atom is -0.487 e. The van der Waals surface area contributed by atoms with Gasteiger partial charge in [-0.2, -0.15) is 5.10 Å². The normalized spacial score (nSPS) is 11.0. The maximum Gasteiger partial charge on any atom is 0.271 e. The fourth-order valence-electron chi connectivity index (χ4n) is 3.67. The third kappa shape index (κ3) is 8.40. The van der Waals surface area contributed by atoms with Crippen molar-refractivity contribution in [2.24, 2.45) is 5.10 Å². The topological polar surface area (TPSA) is 75.6 Å². The molecule has 206 valence electrons. The molecule has 0 aliphatic heterocycles. The molecule has 5 rings (SSSR count). The molecule has 41 heavy (non-hydrogen) atoms. The van der Waals surface area contributed by atoms with E-state index >= 15 is 0 Å². The van der Waals surface area contributed by atoms with Gasteiger partial charge in [0.1, 0.15) is 12.4 Å². The van der Waals surface area contributed by atoms with Crippen molar-refractivity contribution in [1.29, 1.82) is 0 Å². The second-order valence-electron chi connectivity index (χ2n) is 8.68. The summed E-state index contributed by atoms with van der Waals surface area (Å²) in [7, 11) is 0. The number of hydrazone groups is 1. The van der Waals surface area contributed by atoms with Crippen LogP contribution in [-0.4, -0.2) is 17.1 Å². The Morgan fingerprint density at radius 1 is 0.951 bits per heavy atom. The number of rotatable bonds is 9. The molecule has 5 aromatic rings. The average Bonchev–Trinajstić information content (AvgIpc) is 3.43. The summed E-state index contributed by atoms with van der Waals surface area (Å²) in [5.41, 5.74) is 7.74. The van der Waals surface area contributed by atoms with E-state index in [4.69, 9.17) is 16.3 Å². The third-order valence-electron chi connectivity index (χ3n) is 5.74. The standard InChI is InChI=1S/C30H20ClI3N4O2S/c31-22-7-11-24(12-8-22)36-30-37-27(17-41-30)20-3-5-21(6-4-20)29(39)38-35-15-19-13-25(33)28(26(34)14-19)40-16-18-1-9-23(32)10-2-18/h1-15,17H,16H2,(H,36,37)(H,38,39)/b35-15-. The van der Waals surface area contributed by atoms with Crippen molar-refractivity contribution in [3.05, 3.63) is 123 Å². The van der Waals surface area contributed by atoms with Crippen LogP contribution in [0.25, 0.3) is 11.3 Å². The van der Waals surface area contributed by atoms with Crippen LogP contribution in [0.2, 0.25) is 5.02 Å². The molecule has 0 aliphatic rings. The molecular weight excluding hydrogens is 897 g/mol. The van der Waals surface area contributed by atoms with E-state index < -0.39 is 0 Å². The Labute approximate surface area is 287 Å². The monoisotopic (exact) mass is 916 g/mol. The van der Waals surface area contributed by atoms with E-state index in [1.165, 1.54) is 14.9 Å². The molecule has 6 nitrogen and oxygen atoms in total. The van der Waals surface area contributed by atoms with Crippen molar-refractivity contribution >= 4 is 114 Å². The Balaban J connectivity index is 1.16. The summed E-state index contributed by atoms with van der Waals surface area (Å²) in [6.07, 6.45) is 1.63. The van der Waals surface area contributed by atoms with Crippen LogP contribution in [0.3, 0.4) is 0 Å². The fourth-order valence-corrected chi connectivity index (χ4v) is 7.02. The van der Waals surface area contributed by atoms with Crippen molar-refractivity contribution in [2.75, 3.05) is 5.32 Å². The Kier molecular flexibility index (Phi) is 10.5. The summed E-state index contributed by atoms with van der Waals surface area (Å²) >= 11 is 14.3. The molecule has 0 radical (unpaired) electrons. The number of nitrogens with one attached hydrogen (secondary N) is 2. The van der Waals surface area contributed by atoms with Gasteiger partial charge in [0.2, 0.25) is 0 Å². The van der Waals surface area contributed by atoms with Crippen molar-refractivity contribution in [3.63, 3.8) is 0 Å². The molecule has 2 N–H and O–H groups in total. The maximum absolute atomic E-state index is 12.7. The Morgan fingerprint density at radius 2 is 1.63 bits per heavy atom. The van der Waals surface area contributed by atoms with Crippen molar-refractivity contribution < 1.29 is 9.53 Å². The lowest BCUT2D eigenvalue weighted by Gasteiger charge is -2.11. The highest BCUT2D eigenvalue weighted by atomic mass is 127. The van der Waals surface area contributed by atoms with Crippen molar-refractivity contribution in [2.45, 2.75) is 6.61 Å². The molecule has 0 atom stereocenters. The molecule has 1 heterocycles. The van der Waals surface area contributed by atoms with Crippen LogP contribution in [0, 0.1) is 10.7 Å². The van der Waals surface area contributed by atoms with Crippen LogP contribution in [0.15, 0.2) is 95.4 Å². The largest absolute Gasteiger partial charge is 0.487 e. The van der Waals surface area contributed by atoms with Gasteiger partial charge in [0.05, 0.1) is 19.0 Å². The van der Waals surface area contributed by atoms with E-state index in [0.717, 1.165) is 46.1 Å². The minimum atomic E-state index is -0.293. The molecule has 0 fully saturated rings. The van der Waals surface area contributed by atoms with Gasteiger partial charge in [-0.3, -0.25) is 4.79 Å². The molecule has 0 spiro atoms. The average molecular weight is 917 g/mol. The number of nitrogens with zero attached hydrogens (tertiary/aromatic N) is 2. The first kappa shape index (κ1) is 30.2. The van der Waals surface area contributed by atoms with E-state index in [2.05, 4.69) is 113 Å². The van der Waals surface area contributed by atoms with E-state index in [-0.39, 0.29) is 5.91 Å². The summed E-state index contributed by atoms with van der Waals surface area (Å²) in [6, 6.07) is 26.9. The molecule has 11 heteroatoms. The SMILES string of the molecule is O=C(N/N=C\c1cc(I)c(OCc2ccc(I)cc2)c(I)c1)c1ccc(-c2csc(Nc3ccc(Cl)cc3)n2)cc1. The fraction of sp³-hybridized carbons (Fsp3) is 0.0333. The smallest absolute Gasteiger partial charge is 0.271 e. The van der Waals surface area contributed by atoms with Gasteiger partial charge in [-0.25, -0.2) is 10.4 Å². The van der Waals surface area contributed by atoms with Crippen LogP contribution in [-0.2, 0) is 6.61 Å². The third-order valence-corrected chi connectivity index (χ3v) is 9.07. The van der Waals surface area contributed by atoms with Gasteiger partial charge >= 0.3 is 0 Å². The lowest BCUT2D eigenvalue weighted by Crippen LogP contribution is -2.17. The number of aromatic nitrogens is 1. The Bertz CT molecular complexity index is 1670. The lowest BCUT2D eigenvalue weighted by molar-refractivity contribution is 0.0955. The van der Waals surface area contributed by atoms with E-state index in [9.17, 15) is 4.79 Å². The van der Waals surface area contributed by atoms with Crippen molar-refractivity contribution in [1.82, 2.24) is 10.4 Å². The van der Waals surface area contributed by atoms with Crippen molar-refractivity contribution in [3.8, 4) is 17.0 Å². The van der Waals surface area contributed by atoms with Gasteiger partial charge in [0.15, 0.2) is 5.13 Å². The number of carbonyl (C=O) groups is 1. The molecule has 1 amide bonds. The van der Waals surface area contributed by atoms with Gasteiger partial charge in [0, 0.05) is 30.8 Å². The second-order valence-corrected chi connectivity index (χ2v) is 13.5. The van der Waals surface area contributed by atoms with Gasteiger partial charge < -0.3 is 10.1 Å². The first-order valence-corrected chi connectivity index (χ1v) is 16.6. The second kappa shape index (κ2) is 14.3. The van der Waals surface area contributed by atoms with Gasteiger partial charge in [-0.05, 0) is 140 Å². The first-order valence-electron chi connectivity index (χ1n) is 12.1. The molecule has 0 bridgehead atoms. The van der Waals surface area contributed by atoms with Gasteiger partial charge in [-0.15, -0.1) is 11.3 Å². The highest BCUT2D eigenvalue weighted by Gasteiger charge is 2.11. The summed E-state index contributed by atoms with van der Waals surface area (Å²) in [6.45, 7) is 0.495. The van der Waals surface area contributed by atoms with E-state index in [1.54, 1.807) is 18.3 Å². The van der Waals surface area contributed by atoms with E-state index in [0.29, 0.717) is 17.2 Å². The molecule has 0 unspecified atom stereocenters. The Morgan fingerprint density at radius 3 is 2.32 bits per heavy atom. The van der Waals surface area contributed by atoms with E-state index in [1.807, 2.05) is 53.9 Å². The number of anilines is 2. The zero-order valence-corrected chi connectivity index (χ0v) is 29.1. The maximum atomic E-state index is 12.7. The quantitative estimate of drug-likeness (QED) is 0.0879. The number of carbonyl (C=O) groups excluding carboxylic acids is 1. The highest BCUT2D eigenvalue weighted by Crippen LogP contribution is 2.30. The van der Waals surface area contributed by atoms with Crippen LogP contribution in [0.5, 0.6) is 5.75 Å². The molecule has 4 aromatic carbocycles. The number of amides is 1. The van der Waals surface area contributed by atoms with Crippen LogP contribution >= 0.6 is 90.7 Å². The molecular formula is C30H20ClI3N4O2S. The van der Waals surface area contributed by atoms with Crippen LogP contribution in [0.1, 0.15) is 21.5 Å². The zero-order chi connectivity index (χ0) is 28.8. The minimum absolute atomic E-state index is 0.293. The lowest BCUT2D eigenvalue weighted by atomic mass is 10.1. The molecule has 0 saturated carbocycles. The predicted octanol–water partition coefficient (Wildman–Crippen LogP) is 9.36. The molecule has 1 aromatic heterocycles. The molecule has 0 aliphatic carbocycles. The predicted molar refractivity (Wildman–Crippen MR) is 193 cm³/mol. The summed E-state index contributed by atoms with van der Waals surface area (Å²) in [5, 5.41) is 10.9. The first-order chi connectivity index (χ1) is 19.8. The number of ether oxygens (including phenoxy) is 1. The Hall–Kier alpha value is -2.27. The summed E-state index contributed by atoms with van der Waals surface area (Å²) < 4.78 is 9.21. The molecule has 0 saturated heterocycles. The number of benzene rings is 4. The van der Waals surface area contributed by atoms with Crippen LogP contribution in [0.4, 0.5) is 10.8 Å². The number of halogens is 4.